The first kappa shape index (κ1) is 27.9. The van der Waals surface area contributed by atoms with E-state index in [1.54, 1.807) is 17.0 Å². The molecule has 2 amide bonds. The molecule has 0 spiro atoms. The van der Waals surface area contributed by atoms with Crippen LogP contribution in [0.25, 0.3) is 0 Å². The number of aromatic nitrogens is 1. The number of hydrogen-bond donors (Lipinski definition) is 0. The highest BCUT2D eigenvalue weighted by Gasteiger charge is 2.35. The normalized spacial score (nSPS) is 18.4. The minimum absolute atomic E-state index is 0.00414. The van der Waals surface area contributed by atoms with E-state index in [-0.39, 0.29) is 29.8 Å². The molecule has 2 aliphatic rings. The van der Waals surface area contributed by atoms with Crippen molar-refractivity contribution in [2.24, 2.45) is 17.6 Å². The van der Waals surface area contributed by atoms with Crippen molar-refractivity contribution in [3.63, 3.8) is 0 Å². The monoisotopic (exact) mass is 523 g/mol. The molecular formula is C29H41N5O4. The molecule has 0 bridgehead atoms. The van der Waals surface area contributed by atoms with E-state index in [1.165, 1.54) is 0 Å². The van der Waals surface area contributed by atoms with E-state index in [0.717, 1.165) is 35.8 Å². The molecule has 4 rings (SSSR count). The third kappa shape index (κ3) is 7.02. The standard InChI is InChI=1S/C29H41N5O4/c1-29(2,3)20-27(35)33(14-13-32-15-17-38-18-16-32)21-28(36)34-26(22-8-10-23(37-5)11-9-22)19-24(30-34)25-7-6-12-31(25)4/h6-12,26H,13-21H2,1-5H3. The van der Waals surface area contributed by atoms with Gasteiger partial charge in [0.2, 0.25) is 5.91 Å². The summed E-state index contributed by atoms with van der Waals surface area (Å²) in [6, 6.07) is 11.5. The molecule has 2 aromatic rings. The van der Waals surface area contributed by atoms with Gasteiger partial charge in [0.25, 0.3) is 5.91 Å². The molecule has 9 nitrogen and oxygen atoms in total. The molecular weight excluding hydrogens is 482 g/mol. The molecule has 0 saturated carbocycles. The van der Waals surface area contributed by atoms with E-state index in [4.69, 9.17) is 14.6 Å². The number of carbonyl (C=O) groups is 2. The number of amides is 2. The first-order valence-electron chi connectivity index (χ1n) is 13.4. The zero-order valence-corrected chi connectivity index (χ0v) is 23.4. The second-order valence-electron chi connectivity index (χ2n) is 11.3. The Bertz CT molecular complexity index is 1130. The molecule has 206 valence electrons. The van der Waals surface area contributed by atoms with Gasteiger partial charge in [-0.3, -0.25) is 14.5 Å². The van der Waals surface area contributed by atoms with Crippen LogP contribution >= 0.6 is 0 Å². The van der Waals surface area contributed by atoms with Crippen molar-refractivity contribution in [1.82, 2.24) is 19.4 Å². The smallest absolute Gasteiger partial charge is 0.262 e. The Balaban J connectivity index is 1.56. The number of rotatable bonds is 9. The summed E-state index contributed by atoms with van der Waals surface area (Å²) < 4.78 is 12.8. The van der Waals surface area contributed by atoms with E-state index < -0.39 is 0 Å². The lowest BCUT2D eigenvalue weighted by Gasteiger charge is -2.32. The van der Waals surface area contributed by atoms with Gasteiger partial charge in [-0.15, -0.1) is 0 Å². The van der Waals surface area contributed by atoms with Crippen molar-refractivity contribution in [1.29, 1.82) is 0 Å². The Morgan fingerprint density at radius 1 is 1.13 bits per heavy atom. The van der Waals surface area contributed by atoms with Crippen LogP contribution in [0.4, 0.5) is 0 Å². The average molecular weight is 524 g/mol. The summed E-state index contributed by atoms with van der Waals surface area (Å²) in [6.45, 7) is 10.4. The molecule has 9 heteroatoms. The highest BCUT2D eigenvalue weighted by Crippen LogP contribution is 2.34. The molecule has 1 atom stereocenters. The summed E-state index contributed by atoms with van der Waals surface area (Å²) in [4.78, 5) is 31.2. The minimum Gasteiger partial charge on any atom is -0.497 e. The fourth-order valence-electron chi connectivity index (χ4n) is 4.92. The Morgan fingerprint density at radius 2 is 1.84 bits per heavy atom. The number of hydrazone groups is 1. The Hall–Kier alpha value is -3.17. The Morgan fingerprint density at radius 3 is 2.45 bits per heavy atom. The van der Waals surface area contributed by atoms with Crippen LogP contribution in [0.2, 0.25) is 0 Å². The van der Waals surface area contributed by atoms with Gasteiger partial charge < -0.3 is 18.9 Å². The maximum absolute atomic E-state index is 13.8. The number of benzene rings is 1. The average Bonchev–Trinajstić information content (AvgIpc) is 3.52. The van der Waals surface area contributed by atoms with Crippen LogP contribution in [0.5, 0.6) is 5.75 Å². The van der Waals surface area contributed by atoms with E-state index in [9.17, 15) is 9.59 Å². The molecule has 0 N–H and O–H groups in total. The molecule has 0 radical (unpaired) electrons. The lowest BCUT2D eigenvalue weighted by atomic mass is 9.91. The number of carbonyl (C=O) groups excluding carboxylic acids is 2. The molecule has 1 saturated heterocycles. The van der Waals surface area contributed by atoms with Crippen molar-refractivity contribution in [2.45, 2.75) is 39.7 Å². The summed E-state index contributed by atoms with van der Waals surface area (Å²) in [7, 11) is 3.61. The number of aryl methyl sites for hydroxylation is 1. The molecule has 38 heavy (non-hydrogen) atoms. The fourth-order valence-corrected chi connectivity index (χ4v) is 4.92. The van der Waals surface area contributed by atoms with Gasteiger partial charge in [0.15, 0.2) is 0 Å². The van der Waals surface area contributed by atoms with Crippen LogP contribution in [-0.2, 0) is 21.4 Å². The third-order valence-corrected chi connectivity index (χ3v) is 7.06. The minimum atomic E-state index is -0.253. The highest BCUT2D eigenvalue weighted by atomic mass is 16.5. The summed E-state index contributed by atoms with van der Waals surface area (Å²) in [6.07, 6.45) is 2.95. The second-order valence-corrected chi connectivity index (χ2v) is 11.3. The zero-order valence-electron chi connectivity index (χ0n) is 23.4. The molecule has 1 unspecified atom stereocenters. The number of hydrogen-bond acceptors (Lipinski definition) is 6. The molecule has 2 aliphatic heterocycles. The van der Waals surface area contributed by atoms with Crippen LogP contribution in [0.1, 0.15) is 50.9 Å². The van der Waals surface area contributed by atoms with Crippen LogP contribution in [0, 0.1) is 5.41 Å². The molecule has 3 heterocycles. The van der Waals surface area contributed by atoms with Crippen molar-refractivity contribution < 1.29 is 19.1 Å². The molecule has 1 fully saturated rings. The van der Waals surface area contributed by atoms with Gasteiger partial charge in [-0.1, -0.05) is 32.9 Å². The number of methoxy groups -OCH3 is 1. The molecule has 0 aliphatic carbocycles. The maximum atomic E-state index is 13.8. The van der Waals surface area contributed by atoms with Gasteiger partial charge in [0.05, 0.1) is 37.8 Å². The summed E-state index contributed by atoms with van der Waals surface area (Å²) in [5.74, 6) is 0.570. The van der Waals surface area contributed by atoms with Crippen LogP contribution < -0.4 is 4.74 Å². The van der Waals surface area contributed by atoms with Gasteiger partial charge in [0.1, 0.15) is 12.3 Å². The number of ether oxygens (including phenoxy) is 2. The van der Waals surface area contributed by atoms with Crippen molar-refractivity contribution in [3.05, 3.63) is 53.9 Å². The maximum Gasteiger partial charge on any atom is 0.262 e. The van der Waals surface area contributed by atoms with E-state index >= 15 is 0 Å². The van der Waals surface area contributed by atoms with Crippen molar-refractivity contribution >= 4 is 17.5 Å². The lowest BCUT2D eigenvalue weighted by molar-refractivity contribution is -0.142. The van der Waals surface area contributed by atoms with Gasteiger partial charge >= 0.3 is 0 Å². The Kier molecular flexibility index (Phi) is 8.89. The van der Waals surface area contributed by atoms with Crippen LogP contribution in [0.15, 0.2) is 47.7 Å². The Labute approximate surface area is 226 Å². The third-order valence-electron chi connectivity index (χ3n) is 7.06. The zero-order chi connectivity index (χ0) is 27.3. The number of morpholine rings is 1. The fraction of sp³-hybridized carbons (Fsp3) is 0.552. The second kappa shape index (κ2) is 12.1. The van der Waals surface area contributed by atoms with Crippen LogP contribution in [-0.4, -0.2) is 89.9 Å². The van der Waals surface area contributed by atoms with Crippen LogP contribution in [0.3, 0.4) is 0 Å². The molecule has 1 aromatic heterocycles. The largest absolute Gasteiger partial charge is 0.497 e. The quantitative estimate of drug-likeness (QED) is 0.504. The van der Waals surface area contributed by atoms with E-state index in [1.807, 2.05) is 75.0 Å². The van der Waals surface area contributed by atoms with E-state index in [2.05, 4.69) is 4.90 Å². The van der Waals surface area contributed by atoms with E-state index in [0.29, 0.717) is 39.1 Å². The topological polar surface area (TPSA) is 79.6 Å². The van der Waals surface area contributed by atoms with Gasteiger partial charge in [-0.2, -0.15) is 5.10 Å². The first-order chi connectivity index (χ1) is 18.1. The van der Waals surface area contributed by atoms with Gasteiger partial charge in [0, 0.05) is 52.3 Å². The SMILES string of the molecule is COc1ccc(C2CC(c3cccn3C)=NN2C(=O)CN(CCN2CCOCC2)C(=O)CC(C)(C)C)cc1. The summed E-state index contributed by atoms with van der Waals surface area (Å²) >= 11 is 0. The lowest BCUT2D eigenvalue weighted by Crippen LogP contribution is -2.47. The van der Waals surface area contributed by atoms with Crippen molar-refractivity contribution in [3.8, 4) is 5.75 Å². The summed E-state index contributed by atoms with van der Waals surface area (Å²) in [5, 5.41) is 6.39. The van der Waals surface area contributed by atoms with Gasteiger partial charge in [-0.25, -0.2) is 5.01 Å². The molecule has 1 aromatic carbocycles. The summed E-state index contributed by atoms with van der Waals surface area (Å²) in [5.41, 5.74) is 2.64. The highest BCUT2D eigenvalue weighted by molar-refractivity contribution is 6.02. The number of nitrogens with zero attached hydrogens (tertiary/aromatic N) is 5. The first-order valence-corrected chi connectivity index (χ1v) is 13.4. The predicted molar refractivity (Wildman–Crippen MR) is 147 cm³/mol. The van der Waals surface area contributed by atoms with Gasteiger partial charge in [-0.05, 0) is 35.2 Å². The van der Waals surface area contributed by atoms with Crippen molar-refractivity contribution in [2.75, 3.05) is 53.0 Å². The predicted octanol–water partition coefficient (Wildman–Crippen LogP) is 3.31.